The van der Waals surface area contributed by atoms with E-state index in [4.69, 9.17) is 4.74 Å². The second-order valence-corrected chi connectivity index (χ2v) is 5.58. The van der Waals surface area contributed by atoms with E-state index < -0.39 is 10.9 Å². The van der Waals surface area contributed by atoms with Gasteiger partial charge in [0.25, 0.3) is 5.69 Å². The number of tetrazole rings is 1. The number of ether oxygens (including phenoxy) is 1. The van der Waals surface area contributed by atoms with Crippen molar-refractivity contribution in [2.45, 2.75) is 13.5 Å². The van der Waals surface area contributed by atoms with Gasteiger partial charge in [0.05, 0.1) is 4.92 Å². The lowest BCUT2D eigenvalue weighted by atomic mass is 10.2. The van der Waals surface area contributed by atoms with Crippen LogP contribution in [-0.2, 0) is 16.1 Å². The average Bonchev–Trinajstić information content (AvgIpc) is 3.11. The molecule has 0 unspecified atom stereocenters. The topological polar surface area (TPSA) is 113 Å². The minimum atomic E-state index is -0.618. The van der Waals surface area contributed by atoms with E-state index in [9.17, 15) is 14.9 Å². The molecule has 1 heterocycles. The van der Waals surface area contributed by atoms with Gasteiger partial charge in [0.15, 0.2) is 11.5 Å². The molecule has 2 aromatic carbocycles. The number of nitro benzene ring substituents is 1. The highest BCUT2D eigenvalue weighted by molar-refractivity contribution is 6.15. The highest BCUT2D eigenvalue weighted by Crippen LogP contribution is 2.16. The molecule has 0 N–H and O–H groups in total. The van der Waals surface area contributed by atoms with Crippen LogP contribution in [0.25, 0.3) is 11.8 Å². The second-order valence-electron chi connectivity index (χ2n) is 5.58. The molecule has 3 rings (SSSR count). The zero-order valence-electron chi connectivity index (χ0n) is 14.3. The Morgan fingerprint density at radius 1 is 1.19 bits per heavy atom. The lowest BCUT2D eigenvalue weighted by Crippen LogP contribution is -2.15. The zero-order chi connectivity index (χ0) is 19.2. The number of rotatable bonds is 6. The number of hydrogen-bond acceptors (Lipinski definition) is 7. The summed E-state index contributed by atoms with van der Waals surface area (Å²) in [6.07, 6.45) is 1.63. The lowest BCUT2D eigenvalue weighted by molar-refractivity contribution is -0.384. The zero-order valence-corrected chi connectivity index (χ0v) is 14.3. The first-order valence-electron chi connectivity index (χ1n) is 7.97. The van der Waals surface area contributed by atoms with Crippen LogP contribution in [-0.4, -0.2) is 31.1 Å². The smallest absolute Gasteiger partial charge is 0.357 e. The van der Waals surface area contributed by atoms with E-state index in [-0.39, 0.29) is 18.0 Å². The monoisotopic (exact) mass is 365 g/mol. The Morgan fingerprint density at radius 2 is 1.89 bits per heavy atom. The molecule has 0 atom stereocenters. The molecule has 0 saturated heterocycles. The van der Waals surface area contributed by atoms with Crippen molar-refractivity contribution < 1.29 is 14.5 Å². The van der Waals surface area contributed by atoms with Crippen LogP contribution in [0.4, 0.5) is 5.69 Å². The first-order chi connectivity index (χ1) is 13.0. The van der Waals surface area contributed by atoms with Gasteiger partial charge in [-0.15, -0.1) is 5.10 Å². The Hall–Kier alpha value is -3.88. The number of aryl methyl sites for hydroxylation is 1. The first-order valence-corrected chi connectivity index (χ1v) is 7.97. The van der Waals surface area contributed by atoms with Crippen molar-refractivity contribution in [2.24, 2.45) is 0 Å². The highest BCUT2D eigenvalue weighted by atomic mass is 16.6. The van der Waals surface area contributed by atoms with Gasteiger partial charge in [0, 0.05) is 12.1 Å². The number of esters is 1. The number of benzene rings is 2. The summed E-state index contributed by atoms with van der Waals surface area (Å²) in [6, 6.07) is 15.0. The van der Waals surface area contributed by atoms with Crippen LogP contribution < -0.4 is 0 Å². The Bertz CT molecular complexity index is 981. The molecule has 0 fully saturated rings. The van der Waals surface area contributed by atoms with Gasteiger partial charge < -0.3 is 4.74 Å². The summed E-state index contributed by atoms with van der Waals surface area (Å²) in [7, 11) is 0. The maximum Gasteiger partial charge on any atom is 0.357 e. The number of hydrogen-bond donors (Lipinski definition) is 0. The number of carbonyl (C=O) groups excluding carboxylic acids is 1. The predicted molar refractivity (Wildman–Crippen MR) is 96.1 cm³/mol. The predicted octanol–water partition coefficient (Wildman–Crippen LogP) is 2.63. The lowest BCUT2D eigenvalue weighted by Gasteiger charge is -2.09. The second kappa shape index (κ2) is 8.00. The minimum Gasteiger partial charge on any atom is -0.456 e. The molecule has 9 heteroatoms. The van der Waals surface area contributed by atoms with E-state index >= 15 is 0 Å². The highest BCUT2D eigenvalue weighted by Gasteiger charge is 2.18. The van der Waals surface area contributed by atoms with Crippen LogP contribution in [0, 0.1) is 17.0 Å². The van der Waals surface area contributed by atoms with Gasteiger partial charge in [0.1, 0.15) is 6.61 Å². The van der Waals surface area contributed by atoms with Crippen molar-refractivity contribution in [1.29, 1.82) is 0 Å². The molecule has 0 bridgehead atoms. The molecule has 0 aliphatic heterocycles. The third-order valence-corrected chi connectivity index (χ3v) is 3.68. The number of non-ortho nitro benzene ring substituents is 1. The van der Waals surface area contributed by atoms with Crippen LogP contribution in [0.2, 0.25) is 0 Å². The van der Waals surface area contributed by atoms with Gasteiger partial charge in [-0.1, -0.05) is 30.3 Å². The first kappa shape index (κ1) is 17.9. The Kier molecular flexibility index (Phi) is 5.31. The average molecular weight is 365 g/mol. The summed E-state index contributed by atoms with van der Waals surface area (Å²) in [5.74, 6) is -0.183. The Labute approximate surface area is 154 Å². The van der Waals surface area contributed by atoms with Gasteiger partial charge in [-0.05, 0) is 46.7 Å². The van der Waals surface area contributed by atoms with Crippen molar-refractivity contribution >= 4 is 23.4 Å². The van der Waals surface area contributed by atoms with Crippen molar-refractivity contribution in [1.82, 2.24) is 20.2 Å². The standard InChI is InChI=1S/C18H15N5O4/c1-13-19-20-21-22(13)17(11-14-5-3-2-4-6-14)18(24)27-12-15-7-9-16(10-8-15)23(25)26/h2-11H,12H2,1H3/b17-11-. The molecule has 0 amide bonds. The normalized spacial score (nSPS) is 11.2. The summed E-state index contributed by atoms with van der Waals surface area (Å²) in [5, 5.41) is 21.9. The molecule has 0 radical (unpaired) electrons. The van der Waals surface area contributed by atoms with Gasteiger partial charge >= 0.3 is 5.97 Å². The van der Waals surface area contributed by atoms with E-state index in [1.54, 1.807) is 13.0 Å². The van der Waals surface area contributed by atoms with Gasteiger partial charge in [-0.2, -0.15) is 4.68 Å². The van der Waals surface area contributed by atoms with E-state index in [1.165, 1.54) is 28.9 Å². The molecule has 136 valence electrons. The molecule has 0 spiro atoms. The summed E-state index contributed by atoms with van der Waals surface area (Å²) in [6.45, 7) is 1.63. The van der Waals surface area contributed by atoms with Gasteiger partial charge in [-0.3, -0.25) is 10.1 Å². The number of nitro groups is 1. The molecular weight excluding hydrogens is 350 g/mol. The molecular formula is C18H15N5O4. The SMILES string of the molecule is Cc1nnnn1/C(=C\c1ccccc1)C(=O)OCc1ccc([N+](=O)[O-])cc1. The fourth-order valence-electron chi connectivity index (χ4n) is 2.30. The Morgan fingerprint density at radius 3 is 2.48 bits per heavy atom. The molecule has 9 nitrogen and oxygen atoms in total. The maximum atomic E-state index is 12.6. The Balaban J connectivity index is 1.80. The fourth-order valence-corrected chi connectivity index (χ4v) is 2.30. The van der Waals surface area contributed by atoms with Crippen LogP contribution in [0.1, 0.15) is 17.0 Å². The number of carbonyl (C=O) groups is 1. The van der Waals surface area contributed by atoms with E-state index in [2.05, 4.69) is 15.5 Å². The van der Waals surface area contributed by atoms with Crippen LogP contribution in [0.5, 0.6) is 0 Å². The largest absolute Gasteiger partial charge is 0.456 e. The van der Waals surface area contributed by atoms with Gasteiger partial charge in [-0.25, -0.2) is 4.79 Å². The number of aromatic nitrogens is 4. The summed E-state index contributed by atoms with van der Waals surface area (Å²) >= 11 is 0. The number of nitrogens with zero attached hydrogens (tertiary/aromatic N) is 5. The van der Waals surface area contributed by atoms with Gasteiger partial charge in [0.2, 0.25) is 0 Å². The summed E-state index contributed by atoms with van der Waals surface area (Å²) in [4.78, 5) is 22.8. The third kappa shape index (κ3) is 4.40. The molecule has 3 aromatic rings. The summed E-state index contributed by atoms with van der Waals surface area (Å²) < 4.78 is 6.64. The van der Waals surface area contributed by atoms with Crippen molar-refractivity contribution in [3.8, 4) is 0 Å². The van der Waals surface area contributed by atoms with Crippen molar-refractivity contribution in [3.63, 3.8) is 0 Å². The third-order valence-electron chi connectivity index (χ3n) is 3.68. The molecule has 0 aliphatic rings. The van der Waals surface area contributed by atoms with Crippen LogP contribution in [0.15, 0.2) is 54.6 Å². The van der Waals surface area contributed by atoms with E-state index in [0.29, 0.717) is 11.4 Å². The van der Waals surface area contributed by atoms with Crippen LogP contribution >= 0.6 is 0 Å². The molecule has 1 aromatic heterocycles. The van der Waals surface area contributed by atoms with Crippen LogP contribution in [0.3, 0.4) is 0 Å². The molecule has 27 heavy (non-hydrogen) atoms. The van der Waals surface area contributed by atoms with E-state index in [1.807, 2.05) is 30.3 Å². The maximum absolute atomic E-state index is 12.6. The quantitative estimate of drug-likeness (QED) is 0.285. The minimum absolute atomic E-state index is 0.0287. The van der Waals surface area contributed by atoms with Crippen molar-refractivity contribution in [3.05, 3.63) is 81.7 Å². The van der Waals surface area contributed by atoms with Crippen molar-refractivity contribution in [2.75, 3.05) is 0 Å². The summed E-state index contributed by atoms with van der Waals surface area (Å²) in [5.41, 5.74) is 1.54. The fraction of sp³-hybridized carbons (Fsp3) is 0.111. The molecule has 0 saturated carbocycles. The molecule has 0 aliphatic carbocycles. The van der Waals surface area contributed by atoms with E-state index in [0.717, 1.165) is 5.56 Å².